The molecule has 2 aromatic carbocycles. The summed E-state index contributed by atoms with van der Waals surface area (Å²) in [7, 11) is -1.48. The number of benzene rings is 2. The summed E-state index contributed by atoms with van der Waals surface area (Å²) in [5.41, 5.74) is 4.06. The van der Waals surface area contributed by atoms with Gasteiger partial charge in [0.25, 0.3) is 0 Å². The topological polar surface area (TPSA) is 57.5 Å². The Labute approximate surface area is 131 Å². The van der Waals surface area contributed by atoms with Crippen LogP contribution in [0.3, 0.4) is 0 Å². The first kappa shape index (κ1) is 16.5. The number of hydrogen-bond acceptors (Lipinski definition) is 3. The summed E-state index contributed by atoms with van der Waals surface area (Å²) >= 11 is 0. The maximum atomic E-state index is 12.6. The highest BCUT2D eigenvalue weighted by atomic mass is 16.4. The molecule has 0 aliphatic rings. The van der Waals surface area contributed by atoms with E-state index in [9.17, 15) is 14.8 Å². The summed E-state index contributed by atoms with van der Waals surface area (Å²) in [6.45, 7) is 5.86. The van der Waals surface area contributed by atoms with E-state index in [1.165, 1.54) is 0 Å². The molecule has 0 fully saturated rings. The molecule has 0 aliphatic carbocycles. The number of ketones is 1. The van der Waals surface area contributed by atoms with Gasteiger partial charge in [-0.05, 0) is 28.6 Å². The number of aryl methyl sites for hydroxylation is 1. The van der Waals surface area contributed by atoms with Gasteiger partial charge in [-0.25, -0.2) is 0 Å². The molecule has 2 aromatic rings. The molecular weight excluding hydrogens is 275 g/mol. The van der Waals surface area contributed by atoms with Crippen molar-refractivity contribution in [3.63, 3.8) is 0 Å². The first-order valence-electron chi connectivity index (χ1n) is 7.58. The van der Waals surface area contributed by atoms with Crippen molar-refractivity contribution in [2.45, 2.75) is 27.2 Å². The van der Waals surface area contributed by atoms with Crippen molar-refractivity contribution in [3.05, 3.63) is 53.6 Å². The van der Waals surface area contributed by atoms with E-state index in [1.54, 1.807) is 12.1 Å². The zero-order valence-electron chi connectivity index (χ0n) is 13.2. The molecular formula is C18H21BO3. The monoisotopic (exact) mass is 296 g/mol. The van der Waals surface area contributed by atoms with Crippen molar-refractivity contribution >= 4 is 18.4 Å². The number of rotatable bonds is 5. The Balaban J connectivity index is 2.57. The predicted molar refractivity (Wildman–Crippen MR) is 90.3 cm³/mol. The summed E-state index contributed by atoms with van der Waals surface area (Å²) in [5.74, 6) is 0.0729. The van der Waals surface area contributed by atoms with Gasteiger partial charge in [-0.2, -0.15) is 0 Å². The van der Waals surface area contributed by atoms with Crippen LogP contribution in [-0.2, 0) is 6.42 Å². The van der Waals surface area contributed by atoms with Crippen molar-refractivity contribution in [2.24, 2.45) is 5.92 Å². The van der Waals surface area contributed by atoms with Crippen LogP contribution in [0.15, 0.2) is 42.5 Å². The largest absolute Gasteiger partial charge is 0.488 e. The molecule has 0 saturated heterocycles. The molecule has 0 saturated carbocycles. The molecule has 22 heavy (non-hydrogen) atoms. The number of carbonyl (C=O) groups excluding carboxylic acids is 1. The lowest BCUT2D eigenvalue weighted by Crippen LogP contribution is -2.29. The summed E-state index contributed by atoms with van der Waals surface area (Å²) in [6.07, 6.45) is 0.801. The molecule has 0 bridgehead atoms. The Morgan fingerprint density at radius 3 is 2.23 bits per heavy atom. The fourth-order valence-electron chi connectivity index (χ4n) is 2.55. The maximum Gasteiger partial charge on any atom is 0.488 e. The minimum Gasteiger partial charge on any atom is -0.423 e. The fourth-order valence-corrected chi connectivity index (χ4v) is 2.55. The van der Waals surface area contributed by atoms with Gasteiger partial charge in [-0.15, -0.1) is 0 Å². The standard InChI is InChI=1S/C18H21BO3/c1-4-13-6-5-7-16(17(13)18(20)12(2)3)14-8-10-15(11-9-14)19(21)22/h5-12,21-22H,4H2,1-3H3. The van der Waals surface area contributed by atoms with Gasteiger partial charge in [0.1, 0.15) is 0 Å². The fraction of sp³-hybridized carbons (Fsp3) is 0.278. The van der Waals surface area contributed by atoms with E-state index in [0.29, 0.717) is 5.46 Å². The first-order valence-corrected chi connectivity index (χ1v) is 7.58. The van der Waals surface area contributed by atoms with Gasteiger partial charge in [-0.1, -0.05) is 63.2 Å². The van der Waals surface area contributed by atoms with Crippen molar-refractivity contribution in [3.8, 4) is 11.1 Å². The van der Waals surface area contributed by atoms with E-state index < -0.39 is 7.12 Å². The smallest absolute Gasteiger partial charge is 0.423 e. The minimum atomic E-state index is -1.48. The lowest BCUT2D eigenvalue weighted by Gasteiger charge is -2.15. The SMILES string of the molecule is CCc1cccc(-c2ccc(B(O)O)cc2)c1C(=O)C(C)C. The van der Waals surface area contributed by atoms with Gasteiger partial charge in [0, 0.05) is 11.5 Å². The molecule has 0 atom stereocenters. The van der Waals surface area contributed by atoms with Crippen LogP contribution in [0.1, 0.15) is 36.7 Å². The Kier molecular flexibility index (Phi) is 5.17. The van der Waals surface area contributed by atoms with Gasteiger partial charge in [0.15, 0.2) is 5.78 Å². The third-order valence-electron chi connectivity index (χ3n) is 3.82. The number of carbonyl (C=O) groups is 1. The van der Waals surface area contributed by atoms with E-state index in [1.807, 2.05) is 51.1 Å². The minimum absolute atomic E-state index is 0.0648. The summed E-state index contributed by atoms with van der Waals surface area (Å²) in [6, 6.07) is 12.9. The highest BCUT2D eigenvalue weighted by molar-refractivity contribution is 6.58. The zero-order chi connectivity index (χ0) is 16.3. The molecule has 0 unspecified atom stereocenters. The Hall–Kier alpha value is -1.91. The summed E-state index contributed by atoms with van der Waals surface area (Å²) in [5, 5.41) is 18.4. The molecule has 0 radical (unpaired) electrons. The molecule has 114 valence electrons. The van der Waals surface area contributed by atoms with Gasteiger partial charge in [0.05, 0.1) is 0 Å². The molecule has 0 heterocycles. The average molecular weight is 296 g/mol. The van der Waals surface area contributed by atoms with Crippen LogP contribution in [0, 0.1) is 5.92 Å². The lowest BCUT2D eigenvalue weighted by atomic mass is 9.79. The van der Waals surface area contributed by atoms with Crippen LogP contribution < -0.4 is 5.46 Å². The lowest BCUT2D eigenvalue weighted by molar-refractivity contribution is 0.0939. The van der Waals surface area contributed by atoms with Crippen molar-refractivity contribution in [1.29, 1.82) is 0 Å². The second kappa shape index (κ2) is 6.90. The molecule has 2 rings (SSSR count). The van der Waals surface area contributed by atoms with E-state index >= 15 is 0 Å². The second-order valence-electron chi connectivity index (χ2n) is 5.71. The van der Waals surface area contributed by atoms with E-state index in [0.717, 1.165) is 28.7 Å². The number of Topliss-reactive ketones (excluding diaryl/α,β-unsaturated/α-hetero) is 1. The zero-order valence-corrected chi connectivity index (χ0v) is 13.2. The normalized spacial score (nSPS) is 10.8. The summed E-state index contributed by atoms with van der Waals surface area (Å²) in [4.78, 5) is 12.6. The summed E-state index contributed by atoms with van der Waals surface area (Å²) < 4.78 is 0. The maximum absolute atomic E-state index is 12.6. The van der Waals surface area contributed by atoms with Crippen LogP contribution in [0.5, 0.6) is 0 Å². The average Bonchev–Trinajstić information content (AvgIpc) is 2.53. The van der Waals surface area contributed by atoms with Crippen LogP contribution in [0.4, 0.5) is 0 Å². The van der Waals surface area contributed by atoms with Crippen LogP contribution in [0.2, 0.25) is 0 Å². The van der Waals surface area contributed by atoms with Gasteiger partial charge in [0.2, 0.25) is 0 Å². The first-order chi connectivity index (χ1) is 10.5. The van der Waals surface area contributed by atoms with Gasteiger partial charge in [-0.3, -0.25) is 4.79 Å². The molecule has 0 aliphatic heterocycles. The van der Waals surface area contributed by atoms with E-state index in [2.05, 4.69) is 0 Å². The molecule has 0 spiro atoms. The van der Waals surface area contributed by atoms with Crippen molar-refractivity contribution in [1.82, 2.24) is 0 Å². The highest BCUT2D eigenvalue weighted by Crippen LogP contribution is 2.28. The van der Waals surface area contributed by atoms with Crippen LogP contribution >= 0.6 is 0 Å². The Morgan fingerprint density at radius 1 is 1.09 bits per heavy atom. The van der Waals surface area contributed by atoms with Crippen molar-refractivity contribution < 1.29 is 14.8 Å². The van der Waals surface area contributed by atoms with Crippen LogP contribution in [0.25, 0.3) is 11.1 Å². The number of hydrogen-bond donors (Lipinski definition) is 2. The molecule has 4 heteroatoms. The highest BCUT2D eigenvalue weighted by Gasteiger charge is 2.19. The third kappa shape index (κ3) is 3.29. The predicted octanol–water partition coefficient (Wildman–Crippen LogP) is 2.43. The quantitative estimate of drug-likeness (QED) is 0.658. The molecule has 3 nitrogen and oxygen atoms in total. The Morgan fingerprint density at radius 2 is 1.73 bits per heavy atom. The van der Waals surface area contributed by atoms with Gasteiger partial charge >= 0.3 is 7.12 Å². The van der Waals surface area contributed by atoms with Gasteiger partial charge < -0.3 is 10.0 Å². The van der Waals surface area contributed by atoms with E-state index in [4.69, 9.17) is 0 Å². The molecule has 2 N–H and O–H groups in total. The Bertz CT molecular complexity index is 661. The molecule has 0 amide bonds. The van der Waals surface area contributed by atoms with Crippen molar-refractivity contribution in [2.75, 3.05) is 0 Å². The molecule has 0 aromatic heterocycles. The second-order valence-corrected chi connectivity index (χ2v) is 5.71. The third-order valence-corrected chi connectivity index (χ3v) is 3.82. The van der Waals surface area contributed by atoms with E-state index in [-0.39, 0.29) is 11.7 Å². The van der Waals surface area contributed by atoms with Crippen LogP contribution in [-0.4, -0.2) is 22.9 Å².